The average Bonchev–Trinajstić information content (AvgIpc) is 3.23. The second-order valence-corrected chi connectivity index (χ2v) is 16.4. The highest BCUT2D eigenvalue weighted by Crippen LogP contribution is 2.52. The van der Waals surface area contributed by atoms with E-state index in [1.807, 2.05) is 18.7 Å². The Bertz CT molecular complexity index is 1830. The number of carboxylic acid groups (broad SMARTS) is 1. The van der Waals surface area contributed by atoms with Crippen molar-refractivity contribution in [3.63, 3.8) is 0 Å². The number of nitro groups is 1. The molecule has 12 nitrogen and oxygen atoms in total. The van der Waals surface area contributed by atoms with E-state index in [0.717, 1.165) is 15.8 Å². The molecular formula is C34H38N2O10Si. The van der Waals surface area contributed by atoms with Crippen LogP contribution in [0.2, 0.25) is 11.6 Å². The molecule has 0 spiro atoms. The normalized spacial score (nSPS) is 22.3. The summed E-state index contributed by atoms with van der Waals surface area (Å²) in [5.74, 6) is -1.68. The zero-order chi connectivity index (χ0) is 34.3. The zero-order valence-electron chi connectivity index (χ0n) is 27.1. The van der Waals surface area contributed by atoms with Crippen molar-refractivity contribution in [3.05, 3.63) is 104 Å². The predicted octanol–water partition coefficient (Wildman–Crippen LogP) is 5.08. The fourth-order valence-corrected chi connectivity index (χ4v) is 7.14. The number of hydrogen-bond acceptors (Lipinski definition) is 9. The van der Waals surface area contributed by atoms with Gasteiger partial charge >= 0.3 is 11.6 Å². The highest BCUT2D eigenvalue weighted by molar-refractivity contribution is 6.53. The number of aliphatic carboxylic acids is 1. The molecule has 47 heavy (non-hydrogen) atoms. The second-order valence-electron chi connectivity index (χ2n) is 13.1. The lowest BCUT2D eigenvalue weighted by atomic mass is 9.73. The maximum absolute atomic E-state index is 13.3. The van der Waals surface area contributed by atoms with E-state index in [-0.39, 0.29) is 23.8 Å². The number of carbonyl (C=O) groups is 2. The average molecular weight is 663 g/mol. The van der Waals surface area contributed by atoms with Crippen molar-refractivity contribution in [3.8, 4) is 11.5 Å². The van der Waals surface area contributed by atoms with Crippen molar-refractivity contribution >= 4 is 31.9 Å². The molecule has 0 saturated carbocycles. The molecule has 1 unspecified atom stereocenters. The highest BCUT2D eigenvalue weighted by atomic mass is 28.3. The fraction of sp³-hybridized carbons (Fsp3) is 0.382. The molecule has 1 amide bonds. The van der Waals surface area contributed by atoms with Gasteiger partial charge in [0.15, 0.2) is 9.04 Å². The SMILES string of the molecule is C[C@@H](O[SiH](C)C(C)(C)C)[C@H]1C(=O)N2C(C(=O)O)=C(/C=C/COc3ccc(COc4ccc5ccc(=O)oc5c4)cc3)[C@](C)([N+](=O)[O-])[C@@H]12. The first-order chi connectivity index (χ1) is 22.1. The van der Waals surface area contributed by atoms with Crippen molar-refractivity contribution < 1.29 is 37.9 Å². The third-order valence-electron chi connectivity index (χ3n) is 9.04. The van der Waals surface area contributed by atoms with E-state index in [0.29, 0.717) is 17.1 Å². The number of fused-ring (bicyclic) bond motifs is 2. The van der Waals surface area contributed by atoms with Gasteiger partial charge in [-0.3, -0.25) is 19.8 Å². The van der Waals surface area contributed by atoms with Crippen molar-refractivity contribution in [1.29, 1.82) is 0 Å². The quantitative estimate of drug-likeness (QED) is 0.0911. The summed E-state index contributed by atoms with van der Waals surface area (Å²) in [5, 5.41) is 23.3. The van der Waals surface area contributed by atoms with Gasteiger partial charge in [-0.1, -0.05) is 39.0 Å². The van der Waals surface area contributed by atoms with Crippen LogP contribution in [-0.4, -0.2) is 60.1 Å². The van der Waals surface area contributed by atoms with Crippen LogP contribution < -0.4 is 15.1 Å². The first-order valence-electron chi connectivity index (χ1n) is 15.3. The van der Waals surface area contributed by atoms with E-state index in [9.17, 15) is 29.6 Å². The van der Waals surface area contributed by atoms with Crippen molar-refractivity contribution in [2.75, 3.05) is 6.61 Å². The third kappa shape index (κ3) is 6.45. The standard InChI is InChI=1S/C34H38N2O10Si/c1-20(46-47(6)33(2,3)4)28-30-34(5,36(41)42)25(29(32(39)40)35(30)31(28)38)8-7-17-43-23-13-9-21(10-14-23)19-44-24-15-11-22-12-16-27(37)45-26(22)18-24/h7-16,18,20,28,30,47H,17,19H2,1-6H3,(H,39,40)/b8-7+/t20-,28-,30-,34+,47?/m1/s1. The van der Waals surface area contributed by atoms with Crippen LogP contribution in [0.25, 0.3) is 11.0 Å². The molecule has 248 valence electrons. The molecule has 2 aliphatic heterocycles. The monoisotopic (exact) mass is 662 g/mol. The van der Waals surface area contributed by atoms with Gasteiger partial charge in [-0.25, -0.2) is 9.59 Å². The summed E-state index contributed by atoms with van der Waals surface area (Å²) in [6.45, 7) is 11.5. The summed E-state index contributed by atoms with van der Waals surface area (Å²) in [7, 11) is -1.77. The van der Waals surface area contributed by atoms with Crippen molar-refractivity contribution in [2.45, 2.75) is 70.5 Å². The van der Waals surface area contributed by atoms with Crippen LogP contribution in [0, 0.1) is 16.0 Å². The summed E-state index contributed by atoms with van der Waals surface area (Å²) in [6.07, 6.45) is 2.28. The van der Waals surface area contributed by atoms with Gasteiger partial charge in [0, 0.05) is 29.4 Å². The van der Waals surface area contributed by atoms with Gasteiger partial charge < -0.3 is 23.4 Å². The van der Waals surface area contributed by atoms with Crippen LogP contribution in [0.5, 0.6) is 11.5 Å². The number of carbonyl (C=O) groups excluding carboxylic acids is 1. The van der Waals surface area contributed by atoms with E-state index in [1.54, 1.807) is 43.3 Å². The minimum atomic E-state index is -1.86. The molecule has 13 heteroatoms. The maximum atomic E-state index is 13.3. The van der Waals surface area contributed by atoms with Gasteiger partial charge in [-0.2, -0.15) is 0 Å². The minimum Gasteiger partial charge on any atom is -0.490 e. The predicted molar refractivity (Wildman–Crippen MR) is 175 cm³/mol. The topological polar surface area (TPSA) is 159 Å². The Balaban J connectivity index is 1.24. The van der Waals surface area contributed by atoms with Crippen LogP contribution in [0.15, 0.2) is 87.2 Å². The van der Waals surface area contributed by atoms with Crippen molar-refractivity contribution in [2.24, 2.45) is 5.92 Å². The van der Waals surface area contributed by atoms with Gasteiger partial charge in [0.05, 0.1) is 17.6 Å². The number of amides is 1. The van der Waals surface area contributed by atoms with Crippen LogP contribution >= 0.6 is 0 Å². The summed E-state index contributed by atoms with van der Waals surface area (Å²) >= 11 is 0. The van der Waals surface area contributed by atoms with Gasteiger partial charge in [0.2, 0.25) is 5.91 Å². The molecule has 0 radical (unpaired) electrons. The van der Waals surface area contributed by atoms with Crippen molar-refractivity contribution in [1.82, 2.24) is 4.90 Å². The molecular weight excluding hydrogens is 624 g/mol. The number of rotatable bonds is 12. The Morgan fingerprint density at radius 2 is 1.79 bits per heavy atom. The largest absolute Gasteiger partial charge is 0.490 e. The lowest BCUT2D eigenvalue weighted by Gasteiger charge is -2.48. The number of ether oxygens (including phenoxy) is 2. The van der Waals surface area contributed by atoms with E-state index >= 15 is 0 Å². The molecule has 1 N–H and O–H groups in total. The molecule has 1 fully saturated rings. The van der Waals surface area contributed by atoms with E-state index in [2.05, 4.69) is 20.8 Å². The van der Waals surface area contributed by atoms with Crippen LogP contribution in [0.4, 0.5) is 0 Å². The number of β-lactam (4-membered cyclic amide) rings is 1. The molecule has 3 aromatic rings. The van der Waals surface area contributed by atoms with E-state index in [1.165, 1.54) is 25.1 Å². The lowest BCUT2D eigenvalue weighted by Crippen LogP contribution is -2.70. The maximum Gasteiger partial charge on any atom is 0.353 e. The summed E-state index contributed by atoms with van der Waals surface area (Å²) in [5.41, 5.74) is -1.46. The molecule has 0 bridgehead atoms. The molecule has 1 aromatic heterocycles. The van der Waals surface area contributed by atoms with Gasteiger partial charge in [0.1, 0.15) is 42.0 Å². The van der Waals surface area contributed by atoms with E-state index in [4.69, 9.17) is 18.3 Å². The molecule has 2 aliphatic rings. The first-order valence-corrected chi connectivity index (χ1v) is 17.5. The van der Waals surface area contributed by atoms with Gasteiger partial charge in [-0.05, 0) is 60.5 Å². The lowest BCUT2D eigenvalue weighted by molar-refractivity contribution is -0.561. The van der Waals surface area contributed by atoms with Crippen LogP contribution in [0.3, 0.4) is 0 Å². The minimum absolute atomic E-state index is 0.00140. The molecule has 1 saturated heterocycles. The molecule has 5 rings (SSSR count). The smallest absolute Gasteiger partial charge is 0.353 e. The summed E-state index contributed by atoms with van der Waals surface area (Å²) in [4.78, 5) is 50.2. The molecule has 5 atom stereocenters. The second kappa shape index (κ2) is 12.8. The number of nitrogens with zero attached hydrogens (tertiary/aromatic N) is 2. The fourth-order valence-electron chi connectivity index (χ4n) is 5.92. The van der Waals surface area contributed by atoms with Gasteiger partial charge in [0.25, 0.3) is 5.54 Å². The molecule has 0 aliphatic carbocycles. The van der Waals surface area contributed by atoms with Crippen LogP contribution in [0.1, 0.15) is 40.2 Å². The third-order valence-corrected chi connectivity index (χ3v) is 12.3. The Morgan fingerprint density at radius 3 is 2.43 bits per heavy atom. The molecule has 3 heterocycles. The Kier molecular flexibility index (Phi) is 9.15. The number of carboxylic acids is 1. The Morgan fingerprint density at radius 1 is 1.13 bits per heavy atom. The van der Waals surface area contributed by atoms with Gasteiger partial charge in [-0.15, -0.1) is 0 Å². The van der Waals surface area contributed by atoms with E-state index < -0.39 is 60.8 Å². The number of benzene rings is 2. The summed E-state index contributed by atoms with van der Waals surface area (Å²) < 4.78 is 23.1. The Hall–Kier alpha value is -4.75. The first kappa shape index (κ1) is 33.6. The molecule has 2 aromatic carbocycles. The Labute approximate surface area is 273 Å². The zero-order valence-corrected chi connectivity index (χ0v) is 28.2. The van der Waals surface area contributed by atoms with Crippen LogP contribution in [-0.2, 0) is 20.6 Å². The summed E-state index contributed by atoms with van der Waals surface area (Å²) in [6, 6.07) is 14.4. The highest BCUT2D eigenvalue weighted by Gasteiger charge is 2.72. The number of hydrogen-bond donors (Lipinski definition) is 1.